The molecule has 2 heterocycles. The predicted molar refractivity (Wildman–Crippen MR) is 152 cm³/mol. The van der Waals surface area contributed by atoms with Crippen LogP contribution in [0.4, 0.5) is 0 Å². The van der Waals surface area contributed by atoms with Gasteiger partial charge in [0.1, 0.15) is 49.8 Å². The number of carbonyl (C=O) groups is 2. The second-order valence-corrected chi connectivity index (χ2v) is 10.4. The lowest BCUT2D eigenvalue weighted by Gasteiger charge is -2.43. The van der Waals surface area contributed by atoms with Gasteiger partial charge in [-0.25, -0.2) is 9.59 Å². The number of ether oxygens (including phenoxy) is 7. The van der Waals surface area contributed by atoms with E-state index in [-0.39, 0.29) is 22.8 Å². The Labute approximate surface area is 262 Å². The normalized spacial score (nSPS) is 31.0. The lowest BCUT2D eigenvalue weighted by Crippen LogP contribution is -2.63. The molecular weight excluding hydrogens is 616 g/mol. The first-order valence-electron chi connectivity index (χ1n) is 14.0. The maximum atomic E-state index is 12.9. The predicted octanol–water partition coefficient (Wildman–Crippen LogP) is -1.54. The summed E-state index contributed by atoms with van der Waals surface area (Å²) in [5.41, 5.74) is 0.543. The van der Waals surface area contributed by atoms with Crippen LogP contribution in [0.3, 0.4) is 0 Å². The van der Waals surface area contributed by atoms with E-state index in [1.807, 2.05) is 0 Å². The van der Waals surface area contributed by atoms with Gasteiger partial charge in [-0.15, -0.1) is 0 Å². The second kappa shape index (κ2) is 15.2. The molecule has 9 atom stereocenters. The van der Waals surface area contributed by atoms with Crippen molar-refractivity contribution in [3.05, 3.63) is 59.7 Å². The number of benzene rings is 2. The van der Waals surface area contributed by atoms with E-state index >= 15 is 0 Å². The van der Waals surface area contributed by atoms with Gasteiger partial charge in [0.25, 0.3) is 0 Å². The quantitative estimate of drug-likeness (QED) is 0.101. The summed E-state index contributed by atoms with van der Waals surface area (Å²) in [4.78, 5) is 25.3. The molecule has 2 aliphatic heterocycles. The molecule has 7 N–H and O–H groups in total. The summed E-state index contributed by atoms with van der Waals surface area (Å²) in [6.45, 7) is -2.52. The Balaban J connectivity index is 1.51. The molecule has 2 aromatic rings. The summed E-state index contributed by atoms with van der Waals surface area (Å²) in [5.74, 6) is -4.46. The van der Waals surface area contributed by atoms with Gasteiger partial charge in [0.2, 0.25) is 11.5 Å². The molecular formula is C30H36O16. The van der Waals surface area contributed by atoms with Crippen molar-refractivity contribution in [3.8, 4) is 17.2 Å². The minimum absolute atomic E-state index is 0.0527. The lowest BCUT2D eigenvalue weighted by atomic mass is 9.98. The third kappa shape index (κ3) is 7.41. The van der Waals surface area contributed by atoms with E-state index in [4.69, 9.17) is 33.2 Å². The van der Waals surface area contributed by atoms with Crippen LogP contribution in [-0.4, -0.2) is 137 Å². The molecule has 0 radical (unpaired) electrons. The van der Waals surface area contributed by atoms with Gasteiger partial charge in [0.15, 0.2) is 23.9 Å². The Morgan fingerprint density at radius 1 is 0.913 bits per heavy atom. The van der Waals surface area contributed by atoms with E-state index in [1.165, 1.54) is 44.6 Å². The van der Waals surface area contributed by atoms with Gasteiger partial charge < -0.3 is 68.9 Å². The number of aliphatic hydroxyl groups is 6. The maximum absolute atomic E-state index is 12.9. The first-order chi connectivity index (χ1) is 22.0. The minimum Gasteiger partial charge on any atom is -0.502 e. The third-order valence-electron chi connectivity index (χ3n) is 7.41. The third-order valence-corrected chi connectivity index (χ3v) is 7.41. The van der Waals surface area contributed by atoms with Crippen molar-refractivity contribution in [1.82, 2.24) is 0 Å². The minimum atomic E-state index is -2.46. The highest BCUT2D eigenvalue weighted by atomic mass is 16.8. The van der Waals surface area contributed by atoms with Crippen molar-refractivity contribution in [3.63, 3.8) is 0 Å². The van der Waals surface area contributed by atoms with Gasteiger partial charge in [-0.1, -0.05) is 18.2 Å². The molecule has 16 heteroatoms. The first kappa shape index (κ1) is 35.0. The fourth-order valence-electron chi connectivity index (χ4n) is 4.91. The molecule has 0 saturated carbocycles. The van der Waals surface area contributed by atoms with Gasteiger partial charge in [-0.2, -0.15) is 0 Å². The number of esters is 2. The molecule has 0 spiro atoms. The van der Waals surface area contributed by atoms with Crippen LogP contribution in [0.25, 0.3) is 6.08 Å². The standard InChI is InChI=1S/C30H36O16/c1-40-17-10-15(11-18(41-2)22(17)34)8-9-21(33)44-27-24(36)19(12-31)45-30(27,14-32)46-29-26(38)25(37)23(35)20(43-29)13-42-28(39)16-6-4-3-5-7-16/h3-11,19-20,23-27,29,31-32,34-38H,12-14H2,1-2H3. The molecule has 46 heavy (non-hydrogen) atoms. The largest absolute Gasteiger partial charge is 0.502 e. The first-order valence-corrected chi connectivity index (χ1v) is 14.0. The van der Waals surface area contributed by atoms with Crippen LogP contribution in [0.15, 0.2) is 48.5 Å². The van der Waals surface area contributed by atoms with Crippen molar-refractivity contribution in [2.45, 2.75) is 54.8 Å². The van der Waals surface area contributed by atoms with Crippen LogP contribution in [0.2, 0.25) is 0 Å². The van der Waals surface area contributed by atoms with Gasteiger partial charge in [0.05, 0.1) is 26.4 Å². The van der Waals surface area contributed by atoms with E-state index < -0.39 is 86.6 Å². The summed E-state index contributed by atoms with van der Waals surface area (Å²) in [7, 11) is 2.63. The summed E-state index contributed by atoms with van der Waals surface area (Å²) in [6.07, 6.45) is -11.8. The zero-order valence-electron chi connectivity index (χ0n) is 24.7. The molecule has 252 valence electrons. The van der Waals surface area contributed by atoms with Crippen molar-refractivity contribution in [2.75, 3.05) is 34.0 Å². The Morgan fingerprint density at radius 2 is 1.57 bits per heavy atom. The monoisotopic (exact) mass is 652 g/mol. The van der Waals surface area contributed by atoms with Gasteiger partial charge in [0, 0.05) is 6.08 Å². The highest BCUT2D eigenvalue weighted by Crippen LogP contribution is 2.39. The molecule has 9 unspecified atom stereocenters. The van der Waals surface area contributed by atoms with Crippen LogP contribution in [0.5, 0.6) is 17.2 Å². The number of rotatable bonds is 12. The van der Waals surface area contributed by atoms with Crippen molar-refractivity contribution < 1.29 is 78.5 Å². The van der Waals surface area contributed by atoms with Gasteiger partial charge >= 0.3 is 11.9 Å². The molecule has 0 bridgehead atoms. The zero-order chi connectivity index (χ0) is 33.6. The van der Waals surface area contributed by atoms with Crippen LogP contribution in [0, 0.1) is 0 Å². The van der Waals surface area contributed by atoms with E-state index in [9.17, 15) is 45.3 Å². The van der Waals surface area contributed by atoms with Crippen molar-refractivity contribution in [1.29, 1.82) is 0 Å². The average Bonchev–Trinajstić information content (AvgIpc) is 3.33. The van der Waals surface area contributed by atoms with Crippen LogP contribution >= 0.6 is 0 Å². The van der Waals surface area contributed by atoms with Crippen LogP contribution in [0.1, 0.15) is 15.9 Å². The Hall–Kier alpha value is -3.84. The molecule has 16 nitrogen and oxygen atoms in total. The van der Waals surface area contributed by atoms with E-state index in [0.29, 0.717) is 5.56 Å². The van der Waals surface area contributed by atoms with Crippen molar-refractivity contribution >= 4 is 18.0 Å². The topological polar surface area (TPSA) is 240 Å². The van der Waals surface area contributed by atoms with E-state index in [0.717, 1.165) is 6.08 Å². The Kier molecular flexibility index (Phi) is 11.5. The highest BCUT2D eigenvalue weighted by molar-refractivity contribution is 5.89. The summed E-state index contributed by atoms with van der Waals surface area (Å²) in [5, 5.41) is 72.7. The number of methoxy groups -OCH3 is 2. The SMILES string of the molecule is COc1cc(C=CC(=O)OC2C(O)C(CO)OC2(CO)OC2OC(COC(=O)c3ccccc3)C(O)C(O)C2O)cc(OC)c1O. The number of carbonyl (C=O) groups excluding carboxylic acids is 2. The Bertz CT molecular complexity index is 1340. The van der Waals surface area contributed by atoms with Crippen LogP contribution in [-0.2, 0) is 28.5 Å². The number of phenolic OH excluding ortho intramolecular Hbond substituents is 1. The number of phenols is 1. The molecule has 2 fully saturated rings. The molecule has 0 aromatic heterocycles. The van der Waals surface area contributed by atoms with Gasteiger partial charge in [-0.3, -0.25) is 0 Å². The van der Waals surface area contributed by atoms with Crippen LogP contribution < -0.4 is 9.47 Å². The molecule has 0 aliphatic carbocycles. The fourth-order valence-corrected chi connectivity index (χ4v) is 4.91. The van der Waals surface area contributed by atoms with Crippen molar-refractivity contribution in [2.24, 2.45) is 0 Å². The summed E-state index contributed by atoms with van der Waals surface area (Å²) in [6, 6.07) is 10.7. The molecule has 2 aliphatic rings. The second-order valence-electron chi connectivity index (χ2n) is 10.4. The number of aliphatic hydroxyl groups excluding tert-OH is 6. The lowest BCUT2D eigenvalue weighted by molar-refractivity contribution is -0.383. The van der Waals surface area contributed by atoms with E-state index in [1.54, 1.807) is 18.2 Å². The number of aromatic hydroxyl groups is 1. The summed E-state index contributed by atoms with van der Waals surface area (Å²) >= 11 is 0. The molecule has 2 aromatic carbocycles. The summed E-state index contributed by atoms with van der Waals surface area (Å²) < 4.78 is 37.6. The van der Waals surface area contributed by atoms with Gasteiger partial charge in [-0.05, 0) is 35.9 Å². The molecule has 0 amide bonds. The fraction of sp³-hybridized carbons (Fsp3) is 0.467. The number of hydrogen-bond acceptors (Lipinski definition) is 16. The molecule has 2 saturated heterocycles. The maximum Gasteiger partial charge on any atom is 0.338 e. The smallest absolute Gasteiger partial charge is 0.338 e. The average molecular weight is 653 g/mol. The highest BCUT2D eigenvalue weighted by Gasteiger charge is 2.60. The Morgan fingerprint density at radius 3 is 2.15 bits per heavy atom. The zero-order valence-corrected chi connectivity index (χ0v) is 24.7. The van der Waals surface area contributed by atoms with E-state index in [2.05, 4.69) is 0 Å². The number of hydrogen-bond donors (Lipinski definition) is 7. The molecule has 4 rings (SSSR count).